The number of piperazine rings is 1. The van der Waals surface area contributed by atoms with E-state index in [0.29, 0.717) is 13.1 Å². The van der Waals surface area contributed by atoms with Gasteiger partial charge in [-0.2, -0.15) is 18.3 Å². The fourth-order valence-electron chi connectivity index (χ4n) is 2.90. The molecule has 2 heterocycles. The molecule has 0 saturated carbocycles. The first-order valence-electron chi connectivity index (χ1n) is 8.05. The average molecular weight is 389 g/mol. The number of rotatable bonds is 2. The Hall–Kier alpha value is -2.06. The molecule has 3 rings (SSSR count). The van der Waals surface area contributed by atoms with Crippen LogP contribution in [0, 0.1) is 0 Å². The fraction of sp³-hybridized carbons (Fsp3) is 0.412. The number of carbonyl (C=O) groups is 1. The number of carbonyl (C=O) groups excluding carboxylic acids is 1. The van der Waals surface area contributed by atoms with Crippen molar-refractivity contribution < 1.29 is 18.0 Å². The van der Waals surface area contributed by atoms with Crippen LogP contribution in [0.5, 0.6) is 0 Å². The van der Waals surface area contributed by atoms with E-state index in [0.717, 1.165) is 12.1 Å². The summed E-state index contributed by atoms with van der Waals surface area (Å²) in [5.74, 6) is -0.216. The highest BCUT2D eigenvalue weighted by Crippen LogP contribution is 2.30. The summed E-state index contributed by atoms with van der Waals surface area (Å²) in [5, 5.41) is 7.47. The molecule has 1 amide bonds. The van der Waals surface area contributed by atoms with E-state index in [1.54, 1.807) is 4.90 Å². The molecule has 1 aliphatic heterocycles. The van der Waals surface area contributed by atoms with E-state index in [1.165, 1.54) is 29.1 Å². The van der Waals surface area contributed by atoms with Gasteiger partial charge in [0.2, 0.25) is 0 Å². The number of nitrogens with zero attached hydrogens (tertiary/aromatic N) is 3. The quantitative estimate of drug-likeness (QED) is 0.860. The first-order valence-corrected chi connectivity index (χ1v) is 8.05. The number of benzene rings is 1. The van der Waals surface area contributed by atoms with Crippen molar-refractivity contribution in [3.8, 4) is 5.69 Å². The third kappa shape index (κ3) is 4.02. The van der Waals surface area contributed by atoms with Gasteiger partial charge in [-0.05, 0) is 38.1 Å². The van der Waals surface area contributed by atoms with Crippen LogP contribution in [-0.4, -0.2) is 45.8 Å². The van der Waals surface area contributed by atoms with E-state index in [-0.39, 0.29) is 41.8 Å². The van der Waals surface area contributed by atoms with E-state index in [4.69, 9.17) is 0 Å². The molecule has 2 unspecified atom stereocenters. The van der Waals surface area contributed by atoms with Crippen molar-refractivity contribution in [3.05, 3.63) is 47.8 Å². The summed E-state index contributed by atoms with van der Waals surface area (Å²) in [7, 11) is 0. The summed E-state index contributed by atoms with van der Waals surface area (Å²) in [6.45, 7) is 5.23. The molecular weight excluding hydrogens is 369 g/mol. The van der Waals surface area contributed by atoms with Crippen LogP contribution in [0.1, 0.15) is 29.9 Å². The van der Waals surface area contributed by atoms with Crippen molar-refractivity contribution in [2.24, 2.45) is 0 Å². The Balaban J connectivity index is 0.00000243. The van der Waals surface area contributed by atoms with Gasteiger partial charge in [-0.15, -0.1) is 12.4 Å². The minimum Gasteiger partial charge on any atom is -0.332 e. The average Bonchev–Trinajstić information content (AvgIpc) is 3.06. The lowest BCUT2D eigenvalue weighted by atomic mass is 10.1. The molecule has 1 fully saturated rings. The van der Waals surface area contributed by atoms with Crippen LogP contribution in [0.25, 0.3) is 5.69 Å². The van der Waals surface area contributed by atoms with Gasteiger partial charge in [0.15, 0.2) is 5.69 Å². The van der Waals surface area contributed by atoms with E-state index < -0.39 is 11.7 Å². The number of hydrogen-bond donors (Lipinski definition) is 1. The summed E-state index contributed by atoms with van der Waals surface area (Å²) < 4.78 is 39.8. The van der Waals surface area contributed by atoms with Crippen LogP contribution in [0.2, 0.25) is 0 Å². The van der Waals surface area contributed by atoms with Gasteiger partial charge in [0, 0.05) is 31.4 Å². The SMILES string of the molecule is CC1NCCN(C(=O)c2ccn(-c3cccc(C(F)(F)F)c3)n2)C1C.Cl. The number of halogens is 4. The van der Waals surface area contributed by atoms with Crippen LogP contribution < -0.4 is 5.32 Å². The molecule has 26 heavy (non-hydrogen) atoms. The Morgan fingerprint density at radius 2 is 2.00 bits per heavy atom. The molecule has 0 spiro atoms. The van der Waals surface area contributed by atoms with Crippen LogP contribution in [0.15, 0.2) is 36.5 Å². The van der Waals surface area contributed by atoms with Gasteiger partial charge >= 0.3 is 6.18 Å². The van der Waals surface area contributed by atoms with Crippen molar-refractivity contribution in [2.45, 2.75) is 32.1 Å². The standard InChI is InChI=1S/C17H19F3N4O.ClH/c1-11-12(2)23(9-7-21-11)16(25)15-6-8-24(22-15)14-5-3-4-13(10-14)17(18,19)20;/h3-6,8,10-12,21H,7,9H2,1-2H3;1H. The maximum Gasteiger partial charge on any atom is 0.416 e. The summed E-state index contributed by atoms with van der Waals surface area (Å²) in [6.07, 6.45) is -2.92. The highest BCUT2D eigenvalue weighted by Gasteiger charge is 2.31. The number of alkyl halides is 3. The molecule has 2 atom stereocenters. The second kappa shape index (κ2) is 7.67. The molecule has 0 radical (unpaired) electrons. The Labute approximate surface area is 155 Å². The zero-order valence-corrected chi connectivity index (χ0v) is 15.1. The lowest BCUT2D eigenvalue weighted by Crippen LogP contribution is -2.57. The summed E-state index contributed by atoms with van der Waals surface area (Å²) in [4.78, 5) is 14.4. The topological polar surface area (TPSA) is 50.2 Å². The third-order valence-electron chi connectivity index (χ3n) is 4.54. The normalized spacial score (nSPS) is 20.6. The summed E-state index contributed by atoms with van der Waals surface area (Å²) in [5.41, 5.74) is -0.271. The molecule has 1 aromatic heterocycles. The minimum absolute atomic E-state index is 0. The second-order valence-electron chi connectivity index (χ2n) is 6.18. The first-order chi connectivity index (χ1) is 11.8. The molecule has 1 aliphatic rings. The fourth-order valence-corrected chi connectivity index (χ4v) is 2.90. The third-order valence-corrected chi connectivity index (χ3v) is 4.54. The van der Waals surface area contributed by atoms with Crippen LogP contribution in [0.4, 0.5) is 13.2 Å². The van der Waals surface area contributed by atoms with Gasteiger partial charge in [0.05, 0.1) is 11.3 Å². The van der Waals surface area contributed by atoms with Gasteiger partial charge in [-0.3, -0.25) is 4.79 Å². The van der Waals surface area contributed by atoms with Crippen molar-refractivity contribution >= 4 is 18.3 Å². The summed E-state index contributed by atoms with van der Waals surface area (Å²) >= 11 is 0. The zero-order valence-electron chi connectivity index (χ0n) is 14.3. The maximum atomic E-state index is 12.8. The van der Waals surface area contributed by atoms with Crippen molar-refractivity contribution in [2.75, 3.05) is 13.1 Å². The number of aromatic nitrogens is 2. The van der Waals surface area contributed by atoms with E-state index in [9.17, 15) is 18.0 Å². The number of hydrogen-bond acceptors (Lipinski definition) is 3. The number of amides is 1. The molecule has 1 aromatic carbocycles. The van der Waals surface area contributed by atoms with Gasteiger partial charge in [0.25, 0.3) is 5.91 Å². The van der Waals surface area contributed by atoms with Crippen LogP contribution in [0.3, 0.4) is 0 Å². The van der Waals surface area contributed by atoms with E-state index in [2.05, 4.69) is 10.4 Å². The number of nitrogens with one attached hydrogen (secondary N) is 1. The highest BCUT2D eigenvalue weighted by molar-refractivity contribution is 5.92. The van der Waals surface area contributed by atoms with Gasteiger partial charge < -0.3 is 10.2 Å². The maximum absolute atomic E-state index is 12.8. The molecule has 142 valence electrons. The molecule has 2 aromatic rings. The molecule has 9 heteroatoms. The molecule has 1 N–H and O–H groups in total. The molecular formula is C17H20ClF3N4O. The Morgan fingerprint density at radius 1 is 1.27 bits per heavy atom. The lowest BCUT2D eigenvalue weighted by Gasteiger charge is -2.38. The molecule has 0 aliphatic carbocycles. The van der Waals surface area contributed by atoms with Crippen molar-refractivity contribution in [1.29, 1.82) is 0 Å². The van der Waals surface area contributed by atoms with Gasteiger partial charge in [-0.1, -0.05) is 6.07 Å². The van der Waals surface area contributed by atoms with Gasteiger partial charge in [0.1, 0.15) is 0 Å². The smallest absolute Gasteiger partial charge is 0.332 e. The monoisotopic (exact) mass is 388 g/mol. The molecule has 1 saturated heterocycles. The van der Waals surface area contributed by atoms with Crippen LogP contribution in [-0.2, 0) is 6.18 Å². The predicted octanol–water partition coefficient (Wildman–Crippen LogP) is 3.14. The van der Waals surface area contributed by atoms with Crippen molar-refractivity contribution in [3.63, 3.8) is 0 Å². The second-order valence-corrected chi connectivity index (χ2v) is 6.18. The Kier molecular flexibility index (Phi) is 5.98. The van der Waals surface area contributed by atoms with Crippen molar-refractivity contribution in [1.82, 2.24) is 20.0 Å². The molecule has 0 bridgehead atoms. The zero-order chi connectivity index (χ0) is 18.2. The molecule has 5 nitrogen and oxygen atoms in total. The first kappa shape index (κ1) is 20.3. The Bertz CT molecular complexity index is 777. The van der Waals surface area contributed by atoms with Gasteiger partial charge in [-0.25, -0.2) is 4.68 Å². The largest absolute Gasteiger partial charge is 0.416 e. The minimum atomic E-state index is -4.42. The lowest BCUT2D eigenvalue weighted by molar-refractivity contribution is -0.137. The summed E-state index contributed by atoms with van der Waals surface area (Å²) in [6, 6.07) is 6.57. The predicted molar refractivity (Wildman–Crippen MR) is 93.8 cm³/mol. The Morgan fingerprint density at radius 3 is 2.69 bits per heavy atom. The van der Waals surface area contributed by atoms with E-state index in [1.807, 2.05) is 13.8 Å². The van der Waals surface area contributed by atoms with Crippen LogP contribution >= 0.6 is 12.4 Å². The highest BCUT2D eigenvalue weighted by atomic mass is 35.5. The van der Waals surface area contributed by atoms with E-state index >= 15 is 0 Å².